The number of carbonyl (C=O) groups excluding carboxylic acids is 2. The highest BCUT2D eigenvalue weighted by molar-refractivity contribution is 7.15. The molecule has 0 aliphatic heterocycles. The first-order valence-corrected chi connectivity index (χ1v) is 10.9. The lowest BCUT2D eigenvalue weighted by molar-refractivity contribution is 0.0953. The zero-order valence-corrected chi connectivity index (χ0v) is 17.9. The van der Waals surface area contributed by atoms with Gasteiger partial charge in [0.2, 0.25) is 0 Å². The average molecular weight is 431 g/mol. The van der Waals surface area contributed by atoms with Crippen LogP contribution in [-0.4, -0.2) is 21.6 Å². The number of carbonyl (C=O) groups is 2. The van der Waals surface area contributed by atoms with Crippen molar-refractivity contribution in [1.29, 1.82) is 0 Å². The molecule has 4 aromatic rings. The molecular weight excluding hydrogens is 408 g/mol. The molecule has 6 nitrogen and oxygen atoms in total. The Bertz CT molecular complexity index is 1180. The molecule has 2 N–H and O–H groups in total. The molecule has 0 radical (unpaired) electrons. The first-order chi connectivity index (χ1) is 15.2. The number of nitrogens with zero attached hydrogens (tertiary/aromatic N) is 2. The minimum atomic E-state index is -0.342. The Kier molecular flexibility index (Phi) is 6.24. The minimum absolute atomic E-state index is 0.238. The van der Waals surface area contributed by atoms with Crippen LogP contribution in [0.1, 0.15) is 33.3 Å². The zero-order valence-electron chi connectivity index (χ0n) is 17.0. The molecule has 0 unspecified atom stereocenters. The van der Waals surface area contributed by atoms with Crippen LogP contribution in [0.3, 0.4) is 0 Å². The van der Waals surface area contributed by atoms with Gasteiger partial charge >= 0.3 is 0 Å². The predicted molar refractivity (Wildman–Crippen MR) is 123 cm³/mol. The average Bonchev–Trinajstić information content (AvgIpc) is 3.46. The lowest BCUT2D eigenvalue weighted by Crippen LogP contribution is -2.24. The van der Waals surface area contributed by atoms with E-state index in [0.29, 0.717) is 29.3 Å². The number of benzene rings is 2. The molecule has 0 saturated heterocycles. The number of amides is 2. The summed E-state index contributed by atoms with van der Waals surface area (Å²) in [5.74, 6) is -0.580. The fraction of sp³-hybridized carbons (Fsp3) is 0.125. The third-order valence-electron chi connectivity index (χ3n) is 4.82. The predicted octanol–water partition coefficient (Wildman–Crippen LogP) is 4.81. The molecular formula is C24H22N4O2S. The number of thiophene rings is 1. The van der Waals surface area contributed by atoms with Crippen LogP contribution in [0.5, 0.6) is 0 Å². The lowest BCUT2D eigenvalue weighted by atomic mass is 10.0. The summed E-state index contributed by atoms with van der Waals surface area (Å²) in [6.45, 7) is 3.03. The van der Waals surface area contributed by atoms with E-state index in [-0.39, 0.29) is 11.8 Å². The molecule has 4 rings (SSSR count). The van der Waals surface area contributed by atoms with Crippen molar-refractivity contribution < 1.29 is 9.59 Å². The Hall–Kier alpha value is -3.71. The monoisotopic (exact) mass is 430 g/mol. The van der Waals surface area contributed by atoms with Crippen LogP contribution >= 0.6 is 11.3 Å². The molecule has 2 aromatic heterocycles. The van der Waals surface area contributed by atoms with Gasteiger partial charge in [0, 0.05) is 30.2 Å². The summed E-state index contributed by atoms with van der Waals surface area (Å²) in [4.78, 5) is 25.9. The molecule has 2 amide bonds. The van der Waals surface area contributed by atoms with Gasteiger partial charge in [-0.3, -0.25) is 14.3 Å². The number of hydrogen-bond acceptors (Lipinski definition) is 4. The van der Waals surface area contributed by atoms with Crippen molar-refractivity contribution in [2.24, 2.45) is 0 Å². The first kappa shape index (κ1) is 20.6. The van der Waals surface area contributed by atoms with Gasteiger partial charge in [-0.1, -0.05) is 60.7 Å². The van der Waals surface area contributed by atoms with Gasteiger partial charge in [-0.25, -0.2) is 0 Å². The van der Waals surface area contributed by atoms with Crippen molar-refractivity contribution in [3.8, 4) is 11.1 Å². The van der Waals surface area contributed by atoms with E-state index >= 15 is 0 Å². The number of hydrogen-bond donors (Lipinski definition) is 2. The normalized spacial score (nSPS) is 10.6. The Morgan fingerprint density at radius 2 is 1.68 bits per heavy atom. The maximum Gasteiger partial charge on any atom is 0.276 e. The van der Waals surface area contributed by atoms with Gasteiger partial charge in [0.25, 0.3) is 11.8 Å². The van der Waals surface area contributed by atoms with Gasteiger partial charge in [0.05, 0.1) is 5.56 Å². The van der Waals surface area contributed by atoms with E-state index in [0.717, 1.165) is 16.7 Å². The second kappa shape index (κ2) is 9.40. The van der Waals surface area contributed by atoms with Crippen LogP contribution in [0, 0.1) is 0 Å². The molecule has 2 heterocycles. The van der Waals surface area contributed by atoms with Crippen molar-refractivity contribution >= 4 is 28.2 Å². The van der Waals surface area contributed by atoms with Gasteiger partial charge < -0.3 is 10.6 Å². The molecule has 0 atom stereocenters. The number of aryl methyl sites for hydroxylation is 1. The van der Waals surface area contributed by atoms with Crippen molar-refractivity contribution in [1.82, 2.24) is 15.1 Å². The van der Waals surface area contributed by atoms with Crippen molar-refractivity contribution in [2.75, 3.05) is 5.32 Å². The maximum atomic E-state index is 13.2. The number of anilines is 1. The van der Waals surface area contributed by atoms with E-state index in [2.05, 4.69) is 15.7 Å². The van der Waals surface area contributed by atoms with Crippen LogP contribution in [0.15, 0.2) is 78.3 Å². The van der Waals surface area contributed by atoms with Gasteiger partial charge in [-0.15, -0.1) is 11.3 Å². The Morgan fingerprint density at radius 3 is 2.35 bits per heavy atom. The van der Waals surface area contributed by atoms with E-state index in [1.54, 1.807) is 16.9 Å². The lowest BCUT2D eigenvalue weighted by Gasteiger charge is -2.10. The van der Waals surface area contributed by atoms with E-state index in [4.69, 9.17) is 0 Å². The fourth-order valence-corrected chi connectivity index (χ4v) is 4.16. The van der Waals surface area contributed by atoms with Crippen LogP contribution in [0.2, 0.25) is 0 Å². The van der Waals surface area contributed by atoms with E-state index < -0.39 is 0 Å². The molecule has 7 heteroatoms. The minimum Gasteiger partial charge on any atom is -0.348 e. The van der Waals surface area contributed by atoms with Crippen molar-refractivity contribution in [3.63, 3.8) is 0 Å². The summed E-state index contributed by atoms with van der Waals surface area (Å²) < 4.78 is 1.69. The van der Waals surface area contributed by atoms with Crippen molar-refractivity contribution in [2.45, 2.75) is 20.0 Å². The molecule has 156 valence electrons. The first-order valence-electron chi connectivity index (χ1n) is 9.99. The Labute approximate surface area is 184 Å². The molecule has 2 aromatic carbocycles. The van der Waals surface area contributed by atoms with Gasteiger partial charge in [0.15, 0.2) is 5.69 Å². The fourth-order valence-electron chi connectivity index (χ4n) is 3.20. The van der Waals surface area contributed by atoms with Crippen molar-refractivity contribution in [3.05, 3.63) is 95.1 Å². The molecule has 0 aliphatic rings. The summed E-state index contributed by atoms with van der Waals surface area (Å²) in [6.07, 6.45) is 1.76. The van der Waals surface area contributed by atoms with E-state index in [1.807, 2.05) is 73.0 Å². The Balaban J connectivity index is 1.62. The van der Waals surface area contributed by atoms with Gasteiger partial charge in [-0.05, 0) is 24.1 Å². The molecule has 0 spiro atoms. The van der Waals surface area contributed by atoms with Gasteiger partial charge in [-0.2, -0.15) is 5.10 Å². The summed E-state index contributed by atoms with van der Waals surface area (Å²) in [6, 6.07) is 21.1. The summed E-state index contributed by atoms with van der Waals surface area (Å²) in [5, 5.41) is 12.5. The molecule has 0 bridgehead atoms. The molecule has 0 fully saturated rings. The number of rotatable bonds is 7. The zero-order chi connectivity index (χ0) is 21.6. The van der Waals surface area contributed by atoms with Crippen LogP contribution < -0.4 is 10.6 Å². The standard InChI is InChI=1S/C24H22N4O2S/c1-2-28-14-13-20(27-28)22(29)26-24-21(19(16-31-24)18-11-7-4-8-12-18)23(30)25-15-17-9-5-3-6-10-17/h3-14,16H,2,15H2,1H3,(H,25,30)(H,26,29). The highest BCUT2D eigenvalue weighted by Gasteiger charge is 2.22. The second-order valence-electron chi connectivity index (χ2n) is 6.90. The largest absolute Gasteiger partial charge is 0.348 e. The quantitative estimate of drug-likeness (QED) is 0.442. The van der Waals surface area contributed by atoms with E-state index in [1.165, 1.54) is 11.3 Å². The topological polar surface area (TPSA) is 76.0 Å². The highest BCUT2D eigenvalue weighted by Crippen LogP contribution is 2.35. The van der Waals surface area contributed by atoms with Gasteiger partial charge in [0.1, 0.15) is 5.00 Å². The number of nitrogens with one attached hydrogen (secondary N) is 2. The third kappa shape index (κ3) is 4.73. The summed E-state index contributed by atoms with van der Waals surface area (Å²) >= 11 is 1.33. The summed E-state index contributed by atoms with van der Waals surface area (Å²) in [7, 11) is 0. The smallest absolute Gasteiger partial charge is 0.276 e. The molecule has 31 heavy (non-hydrogen) atoms. The highest BCUT2D eigenvalue weighted by atomic mass is 32.1. The van der Waals surface area contributed by atoms with Crippen LogP contribution in [-0.2, 0) is 13.1 Å². The summed E-state index contributed by atoms with van der Waals surface area (Å²) in [5.41, 5.74) is 3.47. The Morgan fingerprint density at radius 1 is 0.968 bits per heavy atom. The second-order valence-corrected chi connectivity index (χ2v) is 7.78. The maximum absolute atomic E-state index is 13.2. The number of aromatic nitrogens is 2. The SMILES string of the molecule is CCn1ccc(C(=O)Nc2scc(-c3ccccc3)c2C(=O)NCc2ccccc2)n1. The van der Waals surface area contributed by atoms with Crippen LogP contribution in [0.25, 0.3) is 11.1 Å². The molecule has 0 aliphatic carbocycles. The van der Waals surface area contributed by atoms with E-state index in [9.17, 15) is 9.59 Å². The molecule has 0 saturated carbocycles. The van der Waals surface area contributed by atoms with Crippen LogP contribution in [0.4, 0.5) is 5.00 Å². The third-order valence-corrected chi connectivity index (χ3v) is 5.72.